The normalized spacial score (nSPS) is 11.5. The highest BCUT2D eigenvalue weighted by Gasteiger charge is 2.25. The van der Waals surface area contributed by atoms with Crippen molar-refractivity contribution in [1.82, 2.24) is 19.6 Å². The first-order valence-corrected chi connectivity index (χ1v) is 9.11. The second kappa shape index (κ2) is 6.37. The number of benzene rings is 1. The highest BCUT2D eigenvalue weighted by atomic mass is 32.2. The number of carbonyl (C=O) groups excluding carboxylic acids is 1. The molecule has 0 atom stereocenters. The number of sulfonamides is 1. The van der Waals surface area contributed by atoms with Crippen LogP contribution >= 0.6 is 0 Å². The number of aryl methyl sites for hydroxylation is 2. The maximum absolute atomic E-state index is 12.8. The number of nitrogens with zero attached hydrogens (tertiary/aromatic N) is 4. The summed E-state index contributed by atoms with van der Waals surface area (Å²) in [6.07, 6.45) is 3.18. The SMILES string of the molecule is COC(=O)c1ccc(C)c(C)c1NS(=O)(=O)c1nc2ncc(C)cn2n1. The van der Waals surface area contributed by atoms with Crippen LogP contribution in [-0.4, -0.2) is 41.1 Å². The van der Waals surface area contributed by atoms with Crippen LogP contribution in [0.15, 0.2) is 29.7 Å². The van der Waals surface area contributed by atoms with Crippen LogP contribution in [0.5, 0.6) is 0 Å². The van der Waals surface area contributed by atoms with Gasteiger partial charge in [0, 0.05) is 12.4 Å². The summed E-state index contributed by atoms with van der Waals surface area (Å²) in [5, 5.41) is 3.53. The Morgan fingerprint density at radius 3 is 2.65 bits per heavy atom. The van der Waals surface area contributed by atoms with E-state index in [-0.39, 0.29) is 17.0 Å². The van der Waals surface area contributed by atoms with E-state index in [9.17, 15) is 13.2 Å². The van der Waals surface area contributed by atoms with Crippen LogP contribution in [0.25, 0.3) is 5.78 Å². The molecule has 136 valence electrons. The number of fused-ring (bicyclic) bond motifs is 1. The average Bonchev–Trinajstić information content (AvgIpc) is 3.02. The topological polar surface area (TPSA) is 116 Å². The molecule has 1 aromatic carbocycles. The lowest BCUT2D eigenvalue weighted by Gasteiger charge is -2.14. The van der Waals surface area contributed by atoms with Crippen LogP contribution in [0, 0.1) is 20.8 Å². The lowest BCUT2D eigenvalue weighted by atomic mass is 10.0. The fourth-order valence-corrected chi connectivity index (χ4v) is 3.40. The van der Waals surface area contributed by atoms with Crippen molar-refractivity contribution >= 4 is 27.5 Å². The Bertz CT molecular complexity index is 1120. The van der Waals surface area contributed by atoms with Crippen molar-refractivity contribution < 1.29 is 17.9 Å². The maximum Gasteiger partial charge on any atom is 0.340 e. The third-order valence-corrected chi connectivity index (χ3v) is 5.05. The molecule has 0 aliphatic heterocycles. The van der Waals surface area contributed by atoms with E-state index < -0.39 is 21.1 Å². The van der Waals surface area contributed by atoms with Crippen LogP contribution in [0.3, 0.4) is 0 Å². The fourth-order valence-electron chi connectivity index (χ4n) is 2.38. The van der Waals surface area contributed by atoms with Crippen LogP contribution < -0.4 is 4.72 Å². The van der Waals surface area contributed by atoms with Crippen molar-refractivity contribution in [3.63, 3.8) is 0 Å². The summed E-state index contributed by atoms with van der Waals surface area (Å²) in [5.74, 6) is -0.490. The molecular formula is C16H17N5O4S. The Balaban J connectivity index is 2.09. The van der Waals surface area contributed by atoms with Crippen molar-refractivity contribution in [3.8, 4) is 0 Å². The number of aromatic nitrogens is 4. The van der Waals surface area contributed by atoms with Crippen LogP contribution in [0.4, 0.5) is 5.69 Å². The third-order valence-electron chi connectivity index (χ3n) is 3.92. The molecule has 0 unspecified atom stereocenters. The number of hydrogen-bond donors (Lipinski definition) is 1. The summed E-state index contributed by atoms with van der Waals surface area (Å²) in [4.78, 5) is 20.0. The molecule has 0 fully saturated rings. The van der Waals surface area contributed by atoms with Gasteiger partial charge in [-0.15, -0.1) is 5.10 Å². The number of esters is 1. The Labute approximate surface area is 150 Å². The van der Waals surface area contributed by atoms with E-state index in [2.05, 4.69) is 19.8 Å². The molecule has 26 heavy (non-hydrogen) atoms. The molecule has 0 amide bonds. The Morgan fingerprint density at radius 1 is 1.23 bits per heavy atom. The summed E-state index contributed by atoms with van der Waals surface area (Å²) in [6.45, 7) is 5.32. The molecule has 9 nitrogen and oxygen atoms in total. The van der Waals surface area contributed by atoms with Crippen molar-refractivity contribution in [2.24, 2.45) is 0 Å². The number of anilines is 1. The molecule has 0 aliphatic carbocycles. The van der Waals surface area contributed by atoms with Gasteiger partial charge in [-0.2, -0.15) is 13.4 Å². The Morgan fingerprint density at radius 2 is 1.96 bits per heavy atom. The first-order chi connectivity index (χ1) is 12.2. The Hall–Kier alpha value is -3.01. The van der Waals surface area contributed by atoms with E-state index in [0.717, 1.165) is 11.1 Å². The summed E-state index contributed by atoms with van der Waals surface area (Å²) in [7, 11) is -2.90. The summed E-state index contributed by atoms with van der Waals surface area (Å²) >= 11 is 0. The average molecular weight is 375 g/mol. The van der Waals surface area contributed by atoms with E-state index in [1.165, 1.54) is 17.7 Å². The van der Waals surface area contributed by atoms with Gasteiger partial charge in [-0.05, 0) is 43.5 Å². The summed E-state index contributed by atoms with van der Waals surface area (Å²) < 4.78 is 33.9. The minimum atomic E-state index is -4.13. The lowest BCUT2D eigenvalue weighted by Crippen LogP contribution is -2.19. The van der Waals surface area contributed by atoms with Crippen LogP contribution in [-0.2, 0) is 14.8 Å². The molecule has 0 bridgehead atoms. The van der Waals surface area contributed by atoms with Gasteiger partial charge in [0.1, 0.15) is 0 Å². The molecule has 0 saturated carbocycles. The fraction of sp³-hybridized carbons (Fsp3) is 0.250. The molecule has 10 heteroatoms. The molecule has 3 aromatic rings. The molecule has 0 spiro atoms. The number of rotatable bonds is 4. The molecule has 3 rings (SSSR count). The monoisotopic (exact) mass is 375 g/mol. The number of hydrogen-bond acceptors (Lipinski definition) is 7. The number of nitrogens with one attached hydrogen (secondary N) is 1. The first kappa shape index (κ1) is 17.8. The molecule has 0 saturated heterocycles. The molecule has 0 radical (unpaired) electrons. The first-order valence-electron chi connectivity index (χ1n) is 7.63. The van der Waals surface area contributed by atoms with Gasteiger partial charge in [0.15, 0.2) is 0 Å². The number of methoxy groups -OCH3 is 1. The standard InChI is InChI=1S/C16H17N5O4S/c1-9-7-17-15-18-16(19-21(15)8-9)26(23,24)20-13-11(3)10(2)5-6-12(13)14(22)25-4/h5-8,20H,1-4H3. The number of carbonyl (C=O) groups is 1. The van der Waals surface area contributed by atoms with Gasteiger partial charge in [-0.25, -0.2) is 14.3 Å². The maximum atomic E-state index is 12.8. The second-order valence-corrected chi connectivity index (χ2v) is 7.37. The predicted molar refractivity (Wildman–Crippen MR) is 93.6 cm³/mol. The van der Waals surface area contributed by atoms with E-state index >= 15 is 0 Å². The minimum Gasteiger partial charge on any atom is -0.465 e. The summed E-state index contributed by atoms with van der Waals surface area (Å²) in [6, 6.07) is 3.23. The summed E-state index contributed by atoms with van der Waals surface area (Å²) in [5.41, 5.74) is 2.48. The zero-order valence-corrected chi connectivity index (χ0v) is 15.5. The van der Waals surface area contributed by atoms with Gasteiger partial charge in [0.05, 0.1) is 18.4 Å². The second-order valence-electron chi connectivity index (χ2n) is 5.80. The van der Waals surface area contributed by atoms with Gasteiger partial charge in [-0.3, -0.25) is 4.72 Å². The molecule has 0 aliphatic rings. The third kappa shape index (κ3) is 3.10. The van der Waals surface area contributed by atoms with Gasteiger partial charge >= 0.3 is 5.97 Å². The molecule has 2 heterocycles. The van der Waals surface area contributed by atoms with E-state index in [4.69, 9.17) is 4.74 Å². The minimum absolute atomic E-state index is 0.108. The molecular weight excluding hydrogens is 358 g/mol. The predicted octanol–water partition coefficient (Wildman–Crippen LogP) is 1.64. The van der Waals surface area contributed by atoms with Crippen molar-refractivity contribution in [2.45, 2.75) is 25.9 Å². The van der Waals surface area contributed by atoms with Gasteiger partial charge in [0.2, 0.25) is 0 Å². The van der Waals surface area contributed by atoms with E-state index in [0.29, 0.717) is 5.56 Å². The van der Waals surface area contributed by atoms with Crippen LogP contribution in [0.1, 0.15) is 27.0 Å². The highest BCUT2D eigenvalue weighted by molar-refractivity contribution is 7.92. The quantitative estimate of drug-likeness (QED) is 0.689. The van der Waals surface area contributed by atoms with E-state index in [1.807, 2.05) is 6.92 Å². The van der Waals surface area contributed by atoms with Crippen LogP contribution in [0.2, 0.25) is 0 Å². The Kier molecular flexibility index (Phi) is 4.36. The zero-order valence-electron chi connectivity index (χ0n) is 14.6. The molecule has 1 N–H and O–H groups in total. The number of ether oxygens (including phenoxy) is 1. The zero-order chi connectivity index (χ0) is 19.1. The van der Waals surface area contributed by atoms with Gasteiger partial charge in [0.25, 0.3) is 21.0 Å². The lowest BCUT2D eigenvalue weighted by molar-refractivity contribution is 0.0602. The van der Waals surface area contributed by atoms with Crippen molar-refractivity contribution in [1.29, 1.82) is 0 Å². The van der Waals surface area contributed by atoms with Gasteiger partial charge < -0.3 is 4.74 Å². The van der Waals surface area contributed by atoms with Crippen molar-refractivity contribution in [3.05, 3.63) is 46.8 Å². The largest absolute Gasteiger partial charge is 0.465 e. The van der Waals surface area contributed by atoms with Gasteiger partial charge in [-0.1, -0.05) is 6.07 Å². The highest BCUT2D eigenvalue weighted by Crippen LogP contribution is 2.27. The molecule has 2 aromatic heterocycles. The van der Waals surface area contributed by atoms with E-state index in [1.54, 1.807) is 32.3 Å². The smallest absolute Gasteiger partial charge is 0.340 e. The van der Waals surface area contributed by atoms with Crippen molar-refractivity contribution in [2.75, 3.05) is 11.8 Å².